The van der Waals surface area contributed by atoms with Crippen LogP contribution < -0.4 is 5.73 Å². The molecule has 1 aliphatic rings. The van der Waals surface area contributed by atoms with Crippen LogP contribution in [0.5, 0.6) is 0 Å². The second-order valence-corrected chi connectivity index (χ2v) is 6.44. The van der Waals surface area contributed by atoms with Gasteiger partial charge in [0.1, 0.15) is 0 Å². The van der Waals surface area contributed by atoms with E-state index in [0.29, 0.717) is 5.96 Å². The van der Waals surface area contributed by atoms with Crippen molar-refractivity contribution in [1.29, 1.82) is 0 Å². The molecule has 5 nitrogen and oxygen atoms in total. The van der Waals surface area contributed by atoms with Crippen molar-refractivity contribution < 1.29 is 0 Å². The highest BCUT2D eigenvalue weighted by Crippen LogP contribution is 2.14. The highest BCUT2D eigenvalue weighted by molar-refractivity contribution is 14.0. The van der Waals surface area contributed by atoms with Crippen LogP contribution >= 0.6 is 35.7 Å². The van der Waals surface area contributed by atoms with Crippen LogP contribution in [0.4, 0.5) is 0 Å². The zero-order valence-corrected chi connectivity index (χ0v) is 16.3. The van der Waals surface area contributed by atoms with Gasteiger partial charge in [0.05, 0.1) is 5.69 Å². The summed E-state index contributed by atoms with van der Waals surface area (Å²) in [5, 5.41) is 4.44. The Hall–Kier alpha value is -0.440. The number of guanidine groups is 1. The molecule has 2 heterocycles. The van der Waals surface area contributed by atoms with Crippen molar-refractivity contribution in [2.45, 2.75) is 26.7 Å². The zero-order valence-electron chi connectivity index (χ0n) is 13.1. The minimum Gasteiger partial charge on any atom is -0.370 e. The first-order valence-corrected chi connectivity index (χ1v) is 8.36. The lowest BCUT2D eigenvalue weighted by Gasteiger charge is -2.27. The number of aromatic nitrogens is 2. The van der Waals surface area contributed by atoms with Crippen LogP contribution in [0.25, 0.3) is 0 Å². The minimum absolute atomic E-state index is 0. The van der Waals surface area contributed by atoms with Crippen LogP contribution in [0.1, 0.15) is 23.4 Å². The lowest BCUT2D eigenvalue weighted by atomic mass is 10.1. The highest BCUT2D eigenvalue weighted by Gasteiger charge is 2.12. The standard InChI is InChI=1S/C14H25N5S.HI/c1-11-13(12(2)18(3)17-11)5-4-6-16-14(15)19-7-9-20-10-8-19;/h4-10H2,1-3H3,(H2,15,16);1H. The second kappa shape index (κ2) is 8.87. The molecule has 0 unspecified atom stereocenters. The molecule has 0 amide bonds. The van der Waals surface area contributed by atoms with Crippen molar-refractivity contribution in [3.05, 3.63) is 17.0 Å². The molecule has 0 aliphatic carbocycles. The Bertz CT molecular complexity index is 480. The lowest BCUT2D eigenvalue weighted by Crippen LogP contribution is -2.42. The molecule has 0 radical (unpaired) electrons. The third-order valence-corrected chi connectivity index (χ3v) is 4.80. The number of aryl methyl sites for hydroxylation is 2. The van der Waals surface area contributed by atoms with Crippen molar-refractivity contribution in [3.63, 3.8) is 0 Å². The Morgan fingerprint density at radius 1 is 1.33 bits per heavy atom. The summed E-state index contributed by atoms with van der Waals surface area (Å²) in [5.41, 5.74) is 9.79. The predicted octanol–water partition coefficient (Wildman–Crippen LogP) is 1.95. The van der Waals surface area contributed by atoms with Crippen molar-refractivity contribution >= 4 is 41.7 Å². The van der Waals surface area contributed by atoms with Crippen LogP contribution in [-0.2, 0) is 13.5 Å². The summed E-state index contributed by atoms with van der Waals surface area (Å²) in [5.74, 6) is 3.03. The fourth-order valence-electron chi connectivity index (χ4n) is 2.52. The van der Waals surface area contributed by atoms with Crippen molar-refractivity contribution in [1.82, 2.24) is 14.7 Å². The Morgan fingerprint density at radius 3 is 2.57 bits per heavy atom. The normalized spacial score (nSPS) is 16.0. The molecule has 0 atom stereocenters. The van der Waals surface area contributed by atoms with Gasteiger partial charge in [0, 0.05) is 43.9 Å². The van der Waals surface area contributed by atoms with Crippen LogP contribution in [0.3, 0.4) is 0 Å². The van der Waals surface area contributed by atoms with E-state index in [4.69, 9.17) is 5.73 Å². The average molecular weight is 423 g/mol. The Morgan fingerprint density at radius 2 is 2.00 bits per heavy atom. The first-order valence-electron chi connectivity index (χ1n) is 7.21. The molecule has 2 N–H and O–H groups in total. The number of hydrogen-bond acceptors (Lipinski definition) is 3. The first-order chi connectivity index (χ1) is 9.59. The van der Waals surface area contributed by atoms with Gasteiger partial charge in [-0.05, 0) is 32.3 Å². The Balaban J connectivity index is 0.00000220. The maximum atomic E-state index is 6.04. The van der Waals surface area contributed by atoms with Gasteiger partial charge in [0.2, 0.25) is 0 Å². The predicted molar refractivity (Wildman–Crippen MR) is 102 cm³/mol. The zero-order chi connectivity index (χ0) is 14.5. The minimum atomic E-state index is 0. The van der Waals surface area contributed by atoms with Gasteiger partial charge >= 0.3 is 0 Å². The van der Waals surface area contributed by atoms with Gasteiger partial charge in [-0.25, -0.2) is 0 Å². The average Bonchev–Trinajstić information content (AvgIpc) is 2.70. The monoisotopic (exact) mass is 423 g/mol. The largest absolute Gasteiger partial charge is 0.370 e. The molecule has 1 fully saturated rings. The molecule has 0 aromatic carbocycles. The van der Waals surface area contributed by atoms with Gasteiger partial charge in [-0.3, -0.25) is 9.67 Å². The van der Waals surface area contributed by atoms with Crippen molar-refractivity contribution in [2.24, 2.45) is 17.8 Å². The fraction of sp³-hybridized carbons (Fsp3) is 0.714. The van der Waals surface area contributed by atoms with E-state index >= 15 is 0 Å². The smallest absolute Gasteiger partial charge is 0.191 e. The number of rotatable bonds is 4. The molecular formula is C14H26IN5S. The van der Waals surface area contributed by atoms with Gasteiger partial charge in [-0.15, -0.1) is 24.0 Å². The number of nitrogens with two attached hydrogens (primary N) is 1. The number of aliphatic imine (C=N–C) groups is 1. The van der Waals surface area contributed by atoms with E-state index in [1.165, 1.54) is 11.3 Å². The summed E-state index contributed by atoms with van der Waals surface area (Å²) in [4.78, 5) is 6.70. The molecule has 1 aromatic heterocycles. The SMILES string of the molecule is Cc1nn(C)c(C)c1CCCN=C(N)N1CCSCC1.I. The molecular weight excluding hydrogens is 397 g/mol. The molecule has 2 rings (SSSR count). The molecule has 0 spiro atoms. The highest BCUT2D eigenvalue weighted by atomic mass is 127. The van der Waals surface area contributed by atoms with Gasteiger partial charge < -0.3 is 10.6 Å². The number of thioether (sulfide) groups is 1. The van der Waals surface area contributed by atoms with Gasteiger partial charge in [-0.2, -0.15) is 16.9 Å². The molecule has 120 valence electrons. The number of hydrogen-bond donors (Lipinski definition) is 1. The third kappa shape index (κ3) is 5.05. The topological polar surface area (TPSA) is 59.4 Å². The van der Waals surface area contributed by atoms with Crippen LogP contribution in [0.2, 0.25) is 0 Å². The van der Waals surface area contributed by atoms with E-state index in [9.17, 15) is 0 Å². The summed E-state index contributed by atoms with van der Waals surface area (Å²) >= 11 is 1.99. The summed E-state index contributed by atoms with van der Waals surface area (Å²) in [6, 6.07) is 0. The van der Waals surface area contributed by atoms with Crippen molar-refractivity contribution in [2.75, 3.05) is 31.1 Å². The number of nitrogens with zero attached hydrogens (tertiary/aromatic N) is 4. The number of halogens is 1. The van der Waals surface area contributed by atoms with E-state index in [0.717, 1.165) is 49.7 Å². The Labute approximate surface area is 148 Å². The summed E-state index contributed by atoms with van der Waals surface area (Å²) in [6.07, 6.45) is 2.05. The van der Waals surface area contributed by atoms with Gasteiger partial charge in [-0.1, -0.05) is 0 Å². The van der Waals surface area contributed by atoms with E-state index in [1.807, 2.05) is 23.5 Å². The van der Waals surface area contributed by atoms with Crippen LogP contribution in [0, 0.1) is 13.8 Å². The van der Waals surface area contributed by atoms with E-state index in [-0.39, 0.29) is 24.0 Å². The first kappa shape index (κ1) is 18.6. The molecule has 1 aromatic rings. The van der Waals surface area contributed by atoms with Crippen LogP contribution in [-0.4, -0.2) is 51.8 Å². The molecule has 0 bridgehead atoms. The molecule has 7 heteroatoms. The van der Waals surface area contributed by atoms with E-state index < -0.39 is 0 Å². The molecule has 1 saturated heterocycles. The summed E-state index contributed by atoms with van der Waals surface area (Å²) in [7, 11) is 2.00. The summed E-state index contributed by atoms with van der Waals surface area (Å²) in [6.45, 7) is 7.05. The second-order valence-electron chi connectivity index (χ2n) is 5.22. The Kier molecular flexibility index (Phi) is 7.86. The van der Waals surface area contributed by atoms with Crippen LogP contribution in [0.15, 0.2) is 4.99 Å². The van der Waals surface area contributed by atoms with Crippen molar-refractivity contribution in [3.8, 4) is 0 Å². The van der Waals surface area contributed by atoms with Gasteiger partial charge in [0.15, 0.2) is 5.96 Å². The maximum absolute atomic E-state index is 6.04. The fourth-order valence-corrected chi connectivity index (χ4v) is 3.42. The molecule has 21 heavy (non-hydrogen) atoms. The summed E-state index contributed by atoms with van der Waals surface area (Å²) < 4.78 is 1.95. The van der Waals surface area contributed by atoms with Gasteiger partial charge in [0.25, 0.3) is 0 Å². The molecule has 0 saturated carbocycles. The lowest BCUT2D eigenvalue weighted by molar-refractivity contribution is 0.455. The third-order valence-electron chi connectivity index (χ3n) is 3.85. The van der Waals surface area contributed by atoms with E-state index in [2.05, 4.69) is 28.8 Å². The van der Waals surface area contributed by atoms with E-state index in [1.54, 1.807) is 0 Å². The maximum Gasteiger partial charge on any atom is 0.191 e. The molecule has 1 aliphatic heterocycles. The quantitative estimate of drug-likeness (QED) is 0.348.